The van der Waals surface area contributed by atoms with Crippen molar-refractivity contribution in [2.24, 2.45) is 0 Å². The van der Waals surface area contributed by atoms with E-state index in [9.17, 15) is 4.79 Å². The molecule has 0 spiro atoms. The fourth-order valence-corrected chi connectivity index (χ4v) is 5.69. The van der Waals surface area contributed by atoms with Crippen LogP contribution in [0, 0.1) is 0 Å². The molecule has 0 aliphatic heterocycles. The van der Waals surface area contributed by atoms with Crippen LogP contribution in [0.25, 0.3) is 10.2 Å². The smallest absolute Gasteiger partial charge is 0.263 e. The van der Waals surface area contributed by atoms with Gasteiger partial charge in [0.2, 0.25) is 5.89 Å². The number of thioether (sulfide) groups is 1. The SMILES string of the molecule is CCCn1c(SC(C)c2nc(C(C)C)no2)nc2sc3c(c2c1=O)CCC3. The van der Waals surface area contributed by atoms with Crippen molar-refractivity contribution in [3.8, 4) is 0 Å². The van der Waals surface area contributed by atoms with Gasteiger partial charge in [-0.2, -0.15) is 4.98 Å². The van der Waals surface area contributed by atoms with Crippen LogP contribution in [0.3, 0.4) is 0 Å². The van der Waals surface area contributed by atoms with E-state index < -0.39 is 0 Å². The number of fused-ring (bicyclic) bond motifs is 3. The third-order valence-electron chi connectivity index (χ3n) is 4.84. The van der Waals surface area contributed by atoms with Gasteiger partial charge in [0, 0.05) is 17.3 Å². The molecule has 1 aliphatic rings. The minimum absolute atomic E-state index is 0.0655. The Morgan fingerprint density at radius 1 is 1.26 bits per heavy atom. The Hall–Kier alpha value is -1.67. The summed E-state index contributed by atoms with van der Waals surface area (Å²) in [6.07, 6.45) is 4.11. The zero-order chi connectivity index (χ0) is 19.1. The molecule has 0 aromatic carbocycles. The molecule has 0 radical (unpaired) electrons. The summed E-state index contributed by atoms with van der Waals surface area (Å²) in [4.78, 5) is 24.8. The monoisotopic (exact) mass is 404 g/mol. The standard InChI is InChI=1S/C19H24N4O2S2/c1-5-9-23-18(24)14-12-7-6-8-13(12)27-17(14)21-19(23)26-11(4)16-20-15(10(2)3)22-25-16/h10-11H,5-9H2,1-4H3. The minimum atomic E-state index is -0.0655. The van der Waals surface area contributed by atoms with Gasteiger partial charge in [0.25, 0.3) is 5.56 Å². The van der Waals surface area contributed by atoms with Crippen molar-refractivity contribution in [3.05, 3.63) is 32.5 Å². The quantitative estimate of drug-likeness (QED) is 0.437. The number of aromatic nitrogens is 4. The first-order valence-corrected chi connectivity index (χ1v) is 11.2. The first-order valence-electron chi connectivity index (χ1n) is 9.54. The van der Waals surface area contributed by atoms with Gasteiger partial charge in [-0.15, -0.1) is 11.3 Å². The lowest BCUT2D eigenvalue weighted by Gasteiger charge is -2.13. The maximum atomic E-state index is 13.2. The van der Waals surface area contributed by atoms with Crippen LogP contribution in [-0.4, -0.2) is 19.7 Å². The van der Waals surface area contributed by atoms with E-state index in [0.29, 0.717) is 18.3 Å². The molecule has 0 amide bonds. The second kappa shape index (κ2) is 7.39. The van der Waals surface area contributed by atoms with Crippen molar-refractivity contribution < 1.29 is 4.52 Å². The lowest BCUT2D eigenvalue weighted by Crippen LogP contribution is -2.23. The van der Waals surface area contributed by atoms with Crippen LogP contribution in [-0.2, 0) is 19.4 Å². The molecule has 27 heavy (non-hydrogen) atoms. The molecule has 1 aliphatic carbocycles. The molecule has 0 bridgehead atoms. The van der Waals surface area contributed by atoms with Gasteiger partial charge >= 0.3 is 0 Å². The summed E-state index contributed by atoms with van der Waals surface area (Å²) in [6.45, 7) is 8.85. The third kappa shape index (κ3) is 3.33. The summed E-state index contributed by atoms with van der Waals surface area (Å²) < 4.78 is 7.26. The molecule has 0 fully saturated rings. The Bertz CT molecular complexity index is 1030. The highest BCUT2D eigenvalue weighted by atomic mass is 32.2. The Morgan fingerprint density at radius 3 is 2.78 bits per heavy atom. The van der Waals surface area contributed by atoms with Gasteiger partial charge in [-0.3, -0.25) is 9.36 Å². The number of hydrogen-bond acceptors (Lipinski definition) is 7. The second-order valence-electron chi connectivity index (χ2n) is 7.29. The highest BCUT2D eigenvalue weighted by Gasteiger charge is 2.25. The number of nitrogens with zero attached hydrogens (tertiary/aromatic N) is 4. The van der Waals surface area contributed by atoms with Crippen LogP contribution in [0.5, 0.6) is 0 Å². The van der Waals surface area contributed by atoms with Crippen LogP contribution >= 0.6 is 23.1 Å². The summed E-state index contributed by atoms with van der Waals surface area (Å²) in [5.41, 5.74) is 1.34. The van der Waals surface area contributed by atoms with Gasteiger partial charge in [-0.25, -0.2) is 4.98 Å². The molecule has 1 unspecified atom stereocenters. The maximum Gasteiger partial charge on any atom is 0.263 e. The molecule has 3 aromatic rings. The first-order chi connectivity index (χ1) is 13.0. The van der Waals surface area contributed by atoms with E-state index in [1.54, 1.807) is 11.3 Å². The molecular formula is C19H24N4O2S2. The highest BCUT2D eigenvalue weighted by molar-refractivity contribution is 7.99. The van der Waals surface area contributed by atoms with E-state index in [-0.39, 0.29) is 16.7 Å². The van der Waals surface area contributed by atoms with Crippen molar-refractivity contribution in [2.45, 2.75) is 76.2 Å². The second-order valence-corrected chi connectivity index (χ2v) is 9.69. The fraction of sp³-hybridized carbons (Fsp3) is 0.579. The van der Waals surface area contributed by atoms with E-state index in [1.807, 2.05) is 25.3 Å². The molecule has 8 heteroatoms. The Balaban J connectivity index is 1.73. The molecular weight excluding hydrogens is 380 g/mol. The largest absolute Gasteiger partial charge is 0.338 e. The highest BCUT2D eigenvalue weighted by Crippen LogP contribution is 2.38. The van der Waals surface area contributed by atoms with Crippen molar-refractivity contribution in [3.63, 3.8) is 0 Å². The molecule has 0 N–H and O–H groups in total. The lowest BCUT2D eigenvalue weighted by molar-refractivity contribution is 0.372. The Morgan fingerprint density at radius 2 is 2.07 bits per heavy atom. The summed E-state index contributed by atoms with van der Waals surface area (Å²) in [5, 5.41) is 5.57. The minimum Gasteiger partial charge on any atom is -0.338 e. The molecule has 144 valence electrons. The predicted octanol–water partition coefficient (Wildman–Crippen LogP) is 4.72. The summed E-state index contributed by atoms with van der Waals surface area (Å²) in [7, 11) is 0. The van der Waals surface area contributed by atoms with Crippen molar-refractivity contribution in [1.29, 1.82) is 0 Å². The van der Waals surface area contributed by atoms with E-state index in [1.165, 1.54) is 22.2 Å². The number of hydrogen-bond donors (Lipinski definition) is 0. The van der Waals surface area contributed by atoms with Gasteiger partial charge in [-0.05, 0) is 38.2 Å². The number of aryl methyl sites for hydroxylation is 2. The summed E-state index contributed by atoms with van der Waals surface area (Å²) in [6, 6.07) is 0. The molecule has 3 heterocycles. The summed E-state index contributed by atoms with van der Waals surface area (Å²) >= 11 is 3.20. The predicted molar refractivity (Wildman–Crippen MR) is 109 cm³/mol. The van der Waals surface area contributed by atoms with Crippen LogP contribution in [0.2, 0.25) is 0 Å². The van der Waals surface area contributed by atoms with E-state index >= 15 is 0 Å². The Kier molecular flexibility index (Phi) is 5.11. The van der Waals surface area contributed by atoms with Crippen molar-refractivity contribution in [1.82, 2.24) is 19.7 Å². The van der Waals surface area contributed by atoms with Crippen molar-refractivity contribution in [2.75, 3.05) is 0 Å². The molecule has 3 aromatic heterocycles. The Labute approximate surface area is 166 Å². The first kappa shape index (κ1) is 18.7. The third-order valence-corrected chi connectivity index (χ3v) is 7.10. The van der Waals surface area contributed by atoms with Crippen LogP contribution in [0.1, 0.15) is 73.9 Å². The van der Waals surface area contributed by atoms with Gasteiger partial charge in [0.05, 0.1) is 10.6 Å². The zero-order valence-corrected chi connectivity index (χ0v) is 17.7. The van der Waals surface area contributed by atoms with E-state index in [4.69, 9.17) is 9.51 Å². The number of rotatable bonds is 6. The molecule has 4 rings (SSSR count). The molecule has 6 nitrogen and oxygen atoms in total. The maximum absolute atomic E-state index is 13.2. The van der Waals surface area contributed by atoms with Gasteiger partial charge in [-0.1, -0.05) is 37.7 Å². The topological polar surface area (TPSA) is 73.8 Å². The normalized spacial score (nSPS) is 15.0. The van der Waals surface area contributed by atoms with Crippen molar-refractivity contribution >= 4 is 33.3 Å². The van der Waals surface area contributed by atoms with Gasteiger partial charge in [0.1, 0.15) is 4.83 Å². The van der Waals surface area contributed by atoms with Crippen LogP contribution < -0.4 is 5.56 Å². The molecule has 0 saturated carbocycles. The average molecular weight is 405 g/mol. The van der Waals surface area contributed by atoms with E-state index in [2.05, 4.69) is 17.1 Å². The van der Waals surface area contributed by atoms with E-state index in [0.717, 1.165) is 41.1 Å². The molecule has 1 atom stereocenters. The zero-order valence-electron chi connectivity index (χ0n) is 16.1. The molecule has 0 saturated heterocycles. The lowest BCUT2D eigenvalue weighted by atomic mass is 10.2. The summed E-state index contributed by atoms with van der Waals surface area (Å²) in [5.74, 6) is 1.51. The van der Waals surface area contributed by atoms with Crippen LogP contribution in [0.15, 0.2) is 14.5 Å². The average Bonchev–Trinajstić information content (AvgIpc) is 3.33. The fourth-order valence-electron chi connectivity index (χ4n) is 3.42. The number of thiophene rings is 1. The van der Waals surface area contributed by atoms with Gasteiger partial charge < -0.3 is 4.52 Å². The van der Waals surface area contributed by atoms with Gasteiger partial charge in [0.15, 0.2) is 11.0 Å². The van der Waals surface area contributed by atoms with Crippen LogP contribution in [0.4, 0.5) is 0 Å².